The van der Waals surface area contributed by atoms with Crippen LogP contribution in [-0.4, -0.2) is 26.2 Å². The number of oxime groups is 1. The van der Waals surface area contributed by atoms with E-state index in [0.29, 0.717) is 0 Å². The largest absolute Gasteiger partial charge is 0.516 e. The van der Waals surface area contributed by atoms with Gasteiger partial charge in [0.25, 0.3) is 0 Å². The molecular formula is C13H14ClF3N2O3S. The summed E-state index contributed by atoms with van der Waals surface area (Å²) < 4.78 is 61.6. The first-order chi connectivity index (χ1) is 10.6. The Balaban J connectivity index is 3.30. The molecule has 1 N–H and O–H groups in total. The van der Waals surface area contributed by atoms with Gasteiger partial charge < -0.3 is 4.84 Å². The minimum Gasteiger partial charge on any atom is -0.391 e. The van der Waals surface area contributed by atoms with Gasteiger partial charge in [0.05, 0.1) is 11.4 Å². The molecule has 0 amide bonds. The average molecular weight is 371 g/mol. The van der Waals surface area contributed by atoms with E-state index in [1.807, 2.05) is 0 Å². The second kappa shape index (κ2) is 7.69. The fourth-order valence-electron chi connectivity index (χ4n) is 1.52. The number of hydrogen-bond acceptors (Lipinski definition) is 4. The highest BCUT2D eigenvalue weighted by atomic mass is 35.5. The maximum Gasteiger partial charge on any atom is 0.516 e. The van der Waals surface area contributed by atoms with Crippen LogP contribution in [-0.2, 0) is 14.9 Å². The molecule has 0 radical (unpaired) electrons. The van der Waals surface area contributed by atoms with Gasteiger partial charge in [0.1, 0.15) is 6.61 Å². The van der Waals surface area contributed by atoms with E-state index in [-0.39, 0.29) is 35.0 Å². The Bertz CT molecular complexity index is 703. The molecule has 0 atom stereocenters. The maximum absolute atomic E-state index is 12.5. The summed E-state index contributed by atoms with van der Waals surface area (Å²) in [5, 5.41) is 3.98. The molecule has 23 heavy (non-hydrogen) atoms. The molecule has 0 fully saturated rings. The smallest absolute Gasteiger partial charge is 0.391 e. The number of hydrogen-bond donors (Lipinski definition) is 1. The normalized spacial score (nSPS) is 12.8. The Morgan fingerprint density at radius 1 is 1.48 bits per heavy atom. The Morgan fingerprint density at radius 2 is 2.13 bits per heavy atom. The van der Waals surface area contributed by atoms with Crippen molar-refractivity contribution in [1.82, 2.24) is 0 Å². The van der Waals surface area contributed by atoms with Crippen LogP contribution in [0.5, 0.6) is 0 Å². The van der Waals surface area contributed by atoms with Crippen LogP contribution in [0.3, 0.4) is 0 Å². The van der Waals surface area contributed by atoms with E-state index in [2.05, 4.69) is 11.7 Å². The van der Waals surface area contributed by atoms with Crippen LogP contribution in [0, 0.1) is 0 Å². The minimum atomic E-state index is -5.56. The van der Waals surface area contributed by atoms with Crippen LogP contribution in [0.1, 0.15) is 18.9 Å². The third kappa shape index (κ3) is 5.14. The van der Waals surface area contributed by atoms with E-state index in [9.17, 15) is 21.6 Å². The maximum atomic E-state index is 12.5. The SMILES string of the molecule is C=CCO/N=C(/CC)c1cc(Cl)ccc1NS(=O)(=O)C(F)(F)F. The van der Waals surface area contributed by atoms with Crippen LogP contribution in [0.25, 0.3) is 0 Å². The molecule has 0 aliphatic heterocycles. The van der Waals surface area contributed by atoms with Gasteiger partial charge in [0.15, 0.2) is 0 Å². The van der Waals surface area contributed by atoms with Gasteiger partial charge in [-0.15, -0.1) is 0 Å². The quantitative estimate of drug-likeness (QED) is 0.342. The zero-order chi connectivity index (χ0) is 17.7. The molecule has 1 aromatic carbocycles. The van der Waals surface area contributed by atoms with Gasteiger partial charge in [-0.3, -0.25) is 4.72 Å². The lowest BCUT2D eigenvalue weighted by atomic mass is 10.1. The van der Waals surface area contributed by atoms with Gasteiger partial charge >= 0.3 is 15.5 Å². The van der Waals surface area contributed by atoms with Crippen molar-refractivity contribution < 1.29 is 26.4 Å². The molecule has 1 rings (SSSR count). The third-order valence-electron chi connectivity index (χ3n) is 2.54. The number of alkyl halides is 3. The van der Waals surface area contributed by atoms with Crippen LogP contribution in [0.4, 0.5) is 18.9 Å². The number of halogens is 4. The van der Waals surface area contributed by atoms with E-state index in [0.717, 1.165) is 6.07 Å². The highest BCUT2D eigenvalue weighted by Crippen LogP contribution is 2.29. The van der Waals surface area contributed by atoms with Gasteiger partial charge in [-0.2, -0.15) is 21.6 Å². The second-order valence-corrected chi connectivity index (χ2v) is 6.33. The van der Waals surface area contributed by atoms with Crippen LogP contribution in [0.15, 0.2) is 36.0 Å². The Kier molecular flexibility index (Phi) is 6.46. The van der Waals surface area contributed by atoms with Crippen molar-refractivity contribution in [2.24, 2.45) is 5.16 Å². The number of rotatable bonds is 7. The Hall–Kier alpha value is -1.74. The predicted octanol–water partition coefficient (Wildman–Crippen LogP) is 3.92. The monoisotopic (exact) mass is 370 g/mol. The fourth-order valence-corrected chi connectivity index (χ4v) is 2.27. The summed E-state index contributed by atoms with van der Waals surface area (Å²) in [4.78, 5) is 4.91. The summed E-state index contributed by atoms with van der Waals surface area (Å²) in [5.41, 5.74) is -5.41. The van der Waals surface area contributed by atoms with Crippen molar-refractivity contribution in [3.8, 4) is 0 Å². The summed E-state index contributed by atoms with van der Waals surface area (Å²) in [7, 11) is -5.56. The lowest BCUT2D eigenvalue weighted by Crippen LogP contribution is -2.30. The van der Waals surface area contributed by atoms with Gasteiger partial charge in [-0.05, 0) is 24.6 Å². The lowest BCUT2D eigenvalue weighted by molar-refractivity contribution is -0.0429. The van der Waals surface area contributed by atoms with E-state index in [1.54, 1.807) is 6.92 Å². The molecule has 10 heteroatoms. The molecule has 0 unspecified atom stereocenters. The Morgan fingerprint density at radius 3 is 2.65 bits per heavy atom. The second-order valence-electron chi connectivity index (χ2n) is 4.22. The molecule has 0 aliphatic carbocycles. The first-order valence-electron chi connectivity index (χ1n) is 6.31. The van der Waals surface area contributed by atoms with E-state index in [1.165, 1.54) is 22.9 Å². The van der Waals surface area contributed by atoms with Crippen LogP contribution < -0.4 is 4.72 Å². The molecule has 0 saturated carbocycles. The molecule has 1 aromatic rings. The Labute approximate surface area is 136 Å². The fraction of sp³-hybridized carbons (Fsp3) is 0.308. The first-order valence-corrected chi connectivity index (χ1v) is 8.17. The first kappa shape index (κ1) is 19.3. The van der Waals surface area contributed by atoms with E-state index in [4.69, 9.17) is 16.4 Å². The van der Waals surface area contributed by atoms with Gasteiger partial charge in [-0.1, -0.05) is 36.3 Å². The van der Waals surface area contributed by atoms with Crippen molar-refractivity contribution in [2.45, 2.75) is 18.9 Å². The number of benzene rings is 1. The lowest BCUT2D eigenvalue weighted by Gasteiger charge is -2.15. The number of nitrogens with zero attached hydrogens (tertiary/aromatic N) is 1. The predicted molar refractivity (Wildman–Crippen MR) is 83.0 cm³/mol. The highest BCUT2D eigenvalue weighted by Gasteiger charge is 2.46. The molecule has 0 heterocycles. The van der Waals surface area contributed by atoms with Crippen molar-refractivity contribution in [3.05, 3.63) is 41.4 Å². The summed E-state index contributed by atoms with van der Waals surface area (Å²) in [5.74, 6) is 0. The van der Waals surface area contributed by atoms with E-state index < -0.39 is 15.5 Å². The molecule has 0 bridgehead atoms. The number of anilines is 1. The van der Waals surface area contributed by atoms with E-state index >= 15 is 0 Å². The summed E-state index contributed by atoms with van der Waals surface area (Å²) in [6.45, 7) is 5.20. The molecule has 128 valence electrons. The standard InChI is InChI=1S/C13H14ClF3N2O3S/c1-3-7-22-18-11(4-2)10-8-9(14)5-6-12(10)19-23(20,21)13(15,16)17/h3,5-6,8,19H,1,4,7H2,2H3/b18-11-. The molecule has 0 aliphatic rings. The zero-order valence-electron chi connectivity index (χ0n) is 12.0. The zero-order valence-corrected chi connectivity index (χ0v) is 13.6. The summed E-state index contributed by atoms with van der Waals surface area (Å²) in [6, 6.07) is 3.69. The minimum absolute atomic E-state index is 0.0909. The van der Waals surface area contributed by atoms with Crippen molar-refractivity contribution in [1.29, 1.82) is 0 Å². The molecule has 0 spiro atoms. The highest BCUT2D eigenvalue weighted by molar-refractivity contribution is 7.93. The molecule has 0 aromatic heterocycles. The summed E-state index contributed by atoms with van der Waals surface area (Å²) in [6.07, 6.45) is 1.71. The van der Waals surface area contributed by atoms with Crippen LogP contribution >= 0.6 is 11.6 Å². The van der Waals surface area contributed by atoms with Gasteiger partial charge in [0.2, 0.25) is 0 Å². The average Bonchev–Trinajstić information content (AvgIpc) is 2.44. The van der Waals surface area contributed by atoms with Crippen molar-refractivity contribution in [3.63, 3.8) is 0 Å². The van der Waals surface area contributed by atoms with Gasteiger partial charge in [-0.25, -0.2) is 0 Å². The van der Waals surface area contributed by atoms with Crippen molar-refractivity contribution >= 4 is 33.0 Å². The molecule has 0 saturated heterocycles. The van der Waals surface area contributed by atoms with Crippen molar-refractivity contribution in [2.75, 3.05) is 11.3 Å². The topological polar surface area (TPSA) is 67.8 Å². The number of nitrogens with one attached hydrogen (secondary N) is 1. The molecule has 5 nitrogen and oxygen atoms in total. The summed E-state index contributed by atoms with van der Waals surface area (Å²) >= 11 is 5.83. The molecular weight excluding hydrogens is 357 g/mol. The number of sulfonamides is 1. The third-order valence-corrected chi connectivity index (χ3v) is 3.88. The van der Waals surface area contributed by atoms with Crippen LogP contribution in [0.2, 0.25) is 5.02 Å². The van der Waals surface area contributed by atoms with Gasteiger partial charge in [0, 0.05) is 10.6 Å².